The summed E-state index contributed by atoms with van der Waals surface area (Å²) in [7, 11) is 0. The van der Waals surface area contributed by atoms with Gasteiger partial charge in [-0.15, -0.1) is 0 Å². The van der Waals surface area contributed by atoms with Crippen LogP contribution < -0.4 is 5.32 Å². The van der Waals surface area contributed by atoms with Crippen molar-refractivity contribution in [1.29, 1.82) is 10.5 Å². The van der Waals surface area contributed by atoms with Crippen molar-refractivity contribution >= 4 is 5.69 Å². The standard InChI is InChI=1S/C10H6FN3/c11-9-1-3-10(4-2-9)14-7-8(5-12)6-13/h1-4,7,14H. The Labute approximate surface area is 80.7 Å². The molecule has 0 unspecified atom stereocenters. The van der Waals surface area contributed by atoms with Gasteiger partial charge in [-0.2, -0.15) is 10.5 Å². The van der Waals surface area contributed by atoms with Gasteiger partial charge in [-0.05, 0) is 24.3 Å². The van der Waals surface area contributed by atoms with Crippen LogP contribution in [-0.4, -0.2) is 0 Å². The lowest BCUT2D eigenvalue weighted by atomic mass is 10.3. The molecular formula is C10H6FN3. The van der Waals surface area contributed by atoms with E-state index in [9.17, 15) is 4.39 Å². The van der Waals surface area contributed by atoms with E-state index in [4.69, 9.17) is 10.5 Å². The molecule has 0 aliphatic heterocycles. The van der Waals surface area contributed by atoms with E-state index >= 15 is 0 Å². The molecule has 0 saturated heterocycles. The molecule has 0 amide bonds. The van der Waals surface area contributed by atoms with Crippen LogP contribution in [0.1, 0.15) is 0 Å². The van der Waals surface area contributed by atoms with Crippen LogP contribution in [0, 0.1) is 28.5 Å². The van der Waals surface area contributed by atoms with E-state index in [1.54, 1.807) is 12.1 Å². The molecule has 1 aromatic carbocycles. The van der Waals surface area contributed by atoms with Gasteiger partial charge in [0.05, 0.1) is 0 Å². The molecule has 14 heavy (non-hydrogen) atoms. The zero-order valence-electron chi connectivity index (χ0n) is 7.16. The summed E-state index contributed by atoms with van der Waals surface area (Å²) in [5.74, 6) is -0.333. The van der Waals surface area contributed by atoms with Crippen LogP contribution in [0.25, 0.3) is 0 Å². The second kappa shape index (κ2) is 4.64. The van der Waals surface area contributed by atoms with Gasteiger partial charge in [0.25, 0.3) is 0 Å². The fourth-order valence-electron chi connectivity index (χ4n) is 0.791. The summed E-state index contributed by atoms with van der Waals surface area (Å²) in [4.78, 5) is 0. The molecule has 1 rings (SSSR count). The smallest absolute Gasteiger partial charge is 0.145 e. The molecule has 1 N–H and O–H groups in total. The highest BCUT2D eigenvalue weighted by Crippen LogP contribution is 2.08. The maximum absolute atomic E-state index is 12.5. The Morgan fingerprint density at radius 3 is 2.29 bits per heavy atom. The third-order valence-electron chi connectivity index (χ3n) is 1.47. The Bertz CT molecular complexity index is 404. The third-order valence-corrected chi connectivity index (χ3v) is 1.47. The van der Waals surface area contributed by atoms with E-state index in [2.05, 4.69) is 5.32 Å². The minimum absolute atomic E-state index is 0.0330. The minimum atomic E-state index is -0.333. The molecule has 0 fully saturated rings. The van der Waals surface area contributed by atoms with Gasteiger partial charge in [-0.25, -0.2) is 4.39 Å². The number of hydrogen-bond acceptors (Lipinski definition) is 3. The predicted octanol–water partition coefficient (Wildman–Crippen LogP) is 2.17. The number of nitriles is 2. The topological polar surface area (TPSA) is 59.6 Å². The summed E-state index contributed by atoms with van der Waals surface area (Å²) in [6.07, 6.45) is 1.27. The molecule has 0 aromatic heterocycles. The highest BCUT2D eigenvalue weighted by Gasteiger charge is 1.92. The summed E-state index contributed by atoms with van der Waals surface area (Å²) >= 11 is 0. The molecule has 0 aliphatic rings. The van der Waals surface area contributed by atoms with Crippen molar-refractivity contribution in [2.75, 3.05) is 5.32 Å². The number of nitrogens with zero attached hydrogens (tertiary/aromatic N) is 2. The van der Waals surface area contributed by atoms with E-state index in [0.717, 1.165) is 0 Å². The highest BCUT2D eigenvalue weighted by molar-refractivity contribution is 5.49. The molecule has 1 aromatic rings. The van der Waals surface area contributed by atoms with Crippen LogP contribution >= 0.6 is 0 Å². The van der Waals surface area contributed by atoms with E-state index in [1.165, 1.54) is 30.5 Å². The molecule has 0 aliphatic carbocycles. The number of rotatable bonds is 2. The molecule has 0 bridgehead atoms. The first-order valence-electron chi connectivity index (χ1n) is 3.78. The molecule has 4 heteroatoms. The van der Waals surface area contributed by atoms with Crippen molar-refractivity contribution in [1.82, 2.24) is 0 Å². The normalized spacial score (nSPS) is 8.21. The van der Waals surface area contributed by atoms with Crippen molar-refractivity contribution in [3.63, 3.8) is 0 Å². The second-order valence-corrected chi connectivity index (χ2v) is 2.43. The van der Waals surface area contributed by atoms with Crippen molar-refractivity contribution in [3.05, 3.63) is 41.9 Å². The molecule has 0 spiro atoms. The van der Waals surface area contributed by atoms with Crippen molar-refractivity contribution in [2.45, 2.75) is 0 Å². The maximum atomic E-state index is 12.5. The van der Waals surface area contributed by atoms with Gasteiger partial charge in [-0.1, -0.05) is 0 Å². The number of anilines is 1. The number of halogens is 1. The first-order chi connectivity index (χ1) is 6.76. The van der Waals surface area contributed by atoms with Gasteiger partial charge >= 0.3 is 0 Å². The van der Waals surface area contributed by atoms with E-state index in [-0.39, 0.29) is 11.4 Å². The van der Waals surface area contributed by atoms with Crippen LogP contribution in [0.5, 0.6) is 0 Å². The van der Waals surface area contributed by atoms with Crippen molar-refractivity contribution in [2.24, 2.45) is 0 Å². The van der Waals surface area contributed by atoms with E-state index in [0.29, 0.717) is 5.69 Å². The Morgan fingerprint density at radius 2 is 1.79 bits per heavy atom. The Hall–Kier alpha value is -2.33. The Balaban J connectivity index is 2.73. The largest absolute Gasteiger partial charge is 0.360 e. The average Bonchev–Trinajstić information content (AvgIpc) is 2.22. The van der Waals surface area contributed by atoms with Crippen LogP contribution in [0.15, 0.2) is 36.0 Å². The van der Waals surface area contributed by atoms with Gasteiger partial charge in [-0.3, -0.25) is 0 Å². The summed E-state index contributed by atoms with van der Waals surface area (Å²) in [6, 6.07) is 8.99. The van der Waals surface area contributed by atoms with Gasteiger partial charge < -0.3 is 5.32 Å². The fourth-order valence-corrected chi connectivity index (χ4v) is 0.791. The first-order valence-corrected chi connectivity index (χ1v) is 3.78. The number of hydrogen-bond donors (Lipinski definition) is 1. The van der Waals surface area contributed by atoms with E-state index < -0.39 is 0 Å². The highest BCUT2D eigenvalue weighted by atomic mass is 19.1. The predicted molar refractivity (Wildman–Crippen MR) is 49.3 cm³/mol. The van der Waals surface area contributed by atoms with Gasteiger partial charge in [0.1, 0.15) is 23.5 Å². The van der Waals surface area contributed by atoms with Crippen LogP contribution in [0.2, 0.25) is 0 Å². The van der Waals surface area contributed by atoms with Gasteiger partial charge in [0.15, 0.2) is 0 Å². The maximum Gasteiger partial charge on any atom is 0.145 e. The third kappa shape index (κ3) is 2.62. The van der Waals surface area contributed by atoms with Crippen molar-refractivity contribution < 1.29 is 4.39 Å². The quantitative estimate of drug-likeness (QED) is 0.722. The van der Waals surface area contributed by atoms with E-state index in [1.807, 2.05) is 0 Å². The molecular weight excluding hydrogens is 181 g/mol. The summed E-state index contributed by atoms with van der Waals surface area (Å²) in [5, 5.41) is 19.5. The summed E-state index contributed by atoms with van der Waals surface area (Å²) in [5.41, 5.74) is 0.587. The summed E-state index contributed by atoms with van der Waals surface area (Å²) in [6.45, 7) is 0. The zero-order chi connectivity index (χ0) is 10.4. The lowest BCUT2D eigenvalue weighted by Crippen LogP contribution is -1.89. The lowest BCUT2D eigenvalue weighted by Gasteiger charge is -1.98. The average molecular weight is 187 g/mol. The van der Waals surface area contributed by atoms with Crippen LogP contribution in [0.4, 0.5) is 10.1 Å². The molecule has 68 valence electrons. The first kappa shape index (κ1) is 9.76. The number of allylic oxidation sites excluding steroid dienone is 1. The van der Waals surface area contributed by atoms with Crippen LogP contribution in [-0.2, 0) is 0 Å². The second-order valence-electron chi connectivity index (χ2n) is 2.43. The molecule has 0 atom stereocenters. The Kier molecular flexibility index (Phi) is 3.23. The number of nitrogens with one attached hydrogen (secondary N) is 1. The lowest BCUT2D eigenvalue weighted by molar-refractivity contribution is 0.628. The molecule has 0 heterocycles. The zero-order valence-corrected chi connectivity index (χ0v) is 7.16. The molecule has 3 nitrogen and oxygen atoms in total. The fraction of sp³-hybridized carbons (Fsp3) is 0. The minimum Gasteiger partial charge on any atom is -0.360 e. The SMILES string of the molecule is N#CC(C#N)=CNc1ccc(F)cc1. The summed E-state index contributed by atoms with van der Waals surface area (Å²) < 4.78 is 12.5. The van der Waals surface area contributed by atoms with Gasteiger partial charge in [0.2, 0.25) is 0 Å². The Morgan fingerprint density at radius 1 is 1.21 bits per heavy atom. The molecule has 0 saturated carbocycles. The van der Waals surface area contributed by atoms with Crippen molar-refractivity contribution in [3.8, 4) is 12.1 Å². The monoisotopic (exact) mass is 187 g/mol. The molecule has 0 radical (unpaired) electrons. The number of benzene rings is 1. The van der Waals surface area contributed by atoms with Crippen LogP contribution in [0.3, 0.4) is 0 Å². The van der Waals surface area contributed by atoms with Gasteiger partial charge in [0, 0.05) is 11.9 Å².